The van der Waals surface area contributed by atoms with Gasteiger partial charge < -0.3 is 20.5 Å². The van der Waals surface area contributed by atoms with Crippen LogP contribution in [-0.2, 0) is 11.3 Å². The van der Waals surface area contributed by atoms with Crippen molar-refractivity contribution in [3.05, 3.63) is 41.2 Å². The van der Waals surface area contributed by atoms with E-state index in [2.05, 4.69) is 15.3 Å². The molecule has 0 fully saturated rings. The molecule has 0 aliphatic rings. The number of methoxy groups -OCH3 is 1. The summed E-state index contributed by atoms with van der Waals surface area (Å²) in [6, 6.07) is 7.54. The summed E-state index contributed by atoms with van der Waals surface area (Å²) in [6.45, 7) is 1.43. The Hall–Kier alpha value is -2.05. The Bertz CT molecular complexity index is 578. The highest BCUT2D eigenvalue weighted by Crippen LogP contribution is 2.25. The number of hydrogen-bond donors (Lipinski definition) is 2. The largest absolute Gasteiger partial charge is 0.474 e. The van der Waals surface area contributed by atoms with Gasteiger partial charge in [-0.3, -0.25) is 0 Å². The first kappa shape index (κ1) is 15.3. The van der Waals surface area contributed by atoms with Gasteiger partial charge in [0.1, 0.15) is 18.6 Å². The van der Waals surface area contributed by atoms with Crippen LogP contribution < -0.4 is 15.8 Å². The molecule has 21 heavy (non-hydrogen) atoms. The highest BCUT2D eigenvalue weighted by molar-refractivity contribution is 6.30. The summed E-state index contributed by atoms with van der Waals surface area (Å²) in [4.78, 5) is 8.12. The molecule has 2 aromatic rings. The molecule has 0 aliphatic carbocycles. The van der Waals surface area contributed by atoms with Gasteiger partial charge in [0.15, 0.2) is 5.82 Å². The molecular weight excluding hydrogens is 292 g/mol. The molecule has 1 heterocycles. The van der Waals surface area contributed by atoms with Crippen molar-refractivity contribution in [1.82, 2.24) is 9.97 Å². The fraction of sp³-hybridized carbons (Fsp3) is 0.286. The average molecular weight is 309 g/mol. The number of nitrogen functional groups attached to an aromatic ring is 1. The molecular formula is C14H17ClN4O2. The molecule has 0 aliphatic heterocycles. The van der Waals surface area contributed by atoms with Crippen LogP contribution in [0.25, 0.3) is 0 Å². The highest BCUT2D eigenvalue weighted by atomic mass is 35.5. The molecule has 6 nitrogen and oxygen atoms in total. The minimum atomic E-state index is 0.348. The standard InChI is InChI=1S/C14H17ClN4O2/c1-20-6-7-21-14-12(16)13(18-9-19-14)17-8-10-2-4-11(15)5-3-10/h2-5,9H,6-8,16H2,1H3,(H,17,18,19). The average Bonchev–Trinajstić information content (AvgIpc) is 2.49. The fourth-order valence-electron chi connectivity index (χ4n) is 1.65. The van der Waals surface area contributed by atoms with Gasteiger partial charge in [-0.05, 0) is 17.7 Å². The third-order valence-corrected chi connectivity index (χ3v) is 3.00. The third-order valence-electron chi connectivity index (χ3n) is 2.75. The molecule has 2 rings (SSSR count). The van der Waals surface area contributed by atoms with Crippen LogP contribution in [0.15, 0.2) is 30.6 Å². The second-order valence-electron chi connectivity index (χ2n) is 4.26. The highest BCUT2D eigenvalue weighted by Gasteiger charge is 2.09. The van der Waals surface area contributed by atoms with Crippen molar-refractivity contribution in [3.8, 4) is 5.88 Å². The minimum absolute atomic E-state index is 0.348. The number of benzene rings is 1. The van der Waals surface area contributed by atoms with Crippen LogP contribution in [0.4, 0.5) is 11.5 Å². The zero-order chi connectivity index (χ0) is 15.1. The molecule has 1 aromatic heterocycles. The quantitative estimate of drug-likeness (QED) is 0.764. The van der Waals surface area contributed by atoms with Crippen molar-refractivity contribution in [1.29, 1.82) is 0 Å². The Kier molecular flexibility index (Phi) is 5.59. The summed E-state index contributed by atoms with van der Waals surface area (Å²) < 4.78 is 10.3. The van der Waals surface area contributed by atoms with Gasteiger partial charge in [0.05, 0.1) is 6.61 Å². The lowest BCUT2D eigenvalue weighted by Gasteiger charge is -2.11. The summed E-state index contributed by atoms with van der Waals surface area (Å²) in [5.41, 5.74) is 7.43. The molecule has 0 bridgehead atoms. The summed E-state index contributed by atoms with van der Waals surface area (Å²) in [5.74, 6) is 0.882. The Morgan fingerprint density at radius 3 is 2.67 bits per heavy atom. The zero-order valence-corrected chi connectivity index (χ0v) is 12.4. The number of halogens is 1. The first-order valence-corrected chi connectivity index (χ1v) is 6.79. The number of anilines is 2. The van der Waals surface area contributed by atoms with Crippen LogP contribution in [0.3, 0.4) is 0 Å². The number of nitrogens with one attached hydrogen (secondary N) is 1. The molecule has 0 saturated carbocycles. The Labute approximate surface area is 128 Å². The zero-order valence-electron chi connectivity index (χ0n) is 11.7. The molecule has 0 amide bonds. The molecule has 0 saturated heterocycles. The molecule has 7 heteroatoms. The maximum absolute atomic E-state index is 5.98. The number of rotatable bonds is 7. The van der Waals surface area contributed by atoms with E-state index in [1.807, 2.05) is 24.3 Å². The lowest BCUT2D eigenvalue weighted by Crippen LogP contribution is -2.10. The minimum Gasteiger partial charge on any atom is -0.474 e. The first-order valence-electron chi connectivity index (χ1n) is 6.41. The number of hydrogen-bond acceptors (Lipinski definition) is 6. The van der Waals surface area contributed by atoms with E-state index in [9.17, 15) is 0 Å². The normalized spacial score (nSPS) is 10.4. The molecule has 112 valence electrons. The Morgan fingerprint density at radius 1 is 1.19 bits per heavy atom. The molecule has 0 spiro atoms. The van der Waals surface area contributed by atoms with Crippen molar-refractivity contribution in [2.24, 2.45) is 0 Å². The van der Waals surface area contributed by atoms with Gasteiger partial charge >= 0.3 is 0 Å². The van der Waals surface area contributed by atoms with E-state index >= 15 is 0 Å². The van der Waals surface area contributed by atoms with Gasteiger partial charge in [-0.25, -0.2) is 4.98 Å². The second-order valence-corrected chi connectivity index (χ2v) is 4.70. The molecule has 0 radical (unpaired) electrons. The fourth-order valence-corrected chi connectivity index (χ4v) is 1.77. The van der Waals surface area contributed by atoms with E-state index in [0.717, 1.165) is 5.56 Å². The lowest BCUT2D eigenvalue weighted by atomic mass is 10.2. The molecule has 0 atom stereocenters. The van der Waals surface area contributed by atoms with Crippen LogP contribution in [0.5, 0.6) is 5.88 Å². The molecule has 1 aromatic carbocycles. The van der Waals surface area contributed by atoms with Crippen molar-refractivity contribution in [2.45, 2.75) is 6.54 Å². The maximum atomic E-state index is 5.98. The van der Waals surface area contributed by atoms with Crippen LogP contribution in [0, 0.1) is 0 Å². The van der Waals surface area contributed by atoms with E-state index in [-0.39, 0.29) is 0 Å². The van der Waals surface area contributed by atoms with Crippen LogP contribution in [0.2, 0.25) is 5.02 Å². The Morgan fingerprint density at radius 2 is 1.95 bits per heavy atom. The van der Waals surface area contributed by atoms with E-state index in [1.165, 1.54) is 6.33 Å². The van der Waals surface area contributed by atoms with Gasteiger partial charge in [0, 0.05) is 18.7 Å². The van der Waals surface area contributed by atoms with Crippen LogP contribution in [0.1, 0.15) is 5.56 Å². The molecule has 3 N–H and O–H groups in total. The SMILES string of the molecule is COCCOc1ncnc(NCc2ccc(Cl)cc2)c1N. The number of ether oxygens (including phenoxy) is 2. The van der Waals surface area contributed by atoms with Gasteiger partial charge in [0.2, 0.25) is 5.88 Å². The lowest BCUT2D eigenvalue weighted by molar-refractivity contribution is 0.144. The summed E-state index contributed by atoms with van der Waals surface area (Å²) in [7, 11) is 1.60. The van der Waals surface area contributed by atoms with Crippen molar-refractivity contribution >= 4 is 23.1 Å². The predicted octanol–water partition coefficient (Wildman–Crippen LogP) is 2.35. The summed E-state index contributed by atoms with van der Waals surface area (Å²) in [6.07, 6.45) is 1.41. The van der Waals surface area contributed by atoms with Crippen LogP contribution in [-0.4, -0.2) is 30.3 Å². The van der Waals surface area contributed by atoms with E-state index in [0.29, 0.717) is 42.2 Å². The smallest absolute Gasteiger partial charge is 0.242 e. The monoisotopic (exact) mass is 308 g/mol. The second kappa shape index (κ2) is 7.66. The maximum Gasteiger partial charge on any atom is 0.242 e. The van der Waals surface area contributed by atoms with Gasteiger partial charge in [-0.1, -0.05) is 23.7 Å². The van der Waals surface area contributed by atoms with Gasteiger partial charge in [0.25, 0.3) is 0 Å². The number of nitrogens with zero attached hydrogens (tertiary/aromatic N) is 2. The predicted molar refractivity (Wildman–Crippen MR) is 82.6 cm³/mol. The topological polar surface area (TPSA) is 82.3 Å². The first-order chi connectivity index (χ1) is 10.2. The van der Waals surface area contributed by atoms with Crippen molar-refractivity contribution in [2.75, 3.05) is 31.4 Å². The number of aromatic nitrogens is 2. The summed E-state index contributed by atoms with van der Waals surface area (Å²) >= 11 is 5.85. The van der Waals surface area contributed by atoms with E-state index in [4.69, 9.17) is 26.8 Å². The van der Waals surface area contributed by atoms with Gasteiger partial charge in [-0.2, -0.15) is 4.98 Å². The summed E-state index contributed by atoms with van der Waals surface area (Å²) in [5, 5.41) is 3.85. The third kappa shape index (κ3) is 4.47. The van der Waals surface area contributed by atoms with Crippen molar-refractivity contribution in [3.63, 3.8) is 0 Å². The van der Waals surface area contributed by atoms with Crippen LogP contribution >= 0.6 is 11.6 Å². The van der Waals surface area contributed by atoms with Gasteiger partial charge in [-0.15, -0.1) is 0 Å². The number of nitrogens with two attached hydrogens (primary N) is 1. The van der Waals surface area contributed by atoms with E-state index in [1.54, 1.807) is 7.11 Å². The van der Waals surface area contributed by atoms with Crippen molar-refractivity contribution < 1.29 is 9.47 Å². The molecule has 0 unspecified atom stereocenters. The van der Waals surface area contributed by atoms with E-state index < -0.39 is 0 Å². The Balaban J connectivity index is 1.99.